The van der Waals surface area contributed by atoms with E-state index in [2.05, 4.69) is 44.1 Å². The number of nitrogens with one attached hydrogen (secondary N) is 1. The number of nitrogens with zero attached hydrogens (tertiary/aromatic N) is 3. The van der Waals surface area contributed by atoms with Crippen LogP contribution >= 0.6 is 23.1 Å². The third-order valence-electron chi connectivity index (χ3n) is 4.39. The van der Waals surface area contributed by atoms with Crippen LogP contribution in [0.25, 0.3) is 11.3 Å². The van der Waals surface area contributed by atoms with Crippen molar-refractivity contribution in [1.82, 2.24) is 15.2 Å². The quantitative estimate of drug-likeness (QED) is 0.460. The monoisotopic (exact) mass is 404 g/mol. The second-order valence-corrected chi connectivity index (χ2v) is 7.99. The van der Waals surface area contributed by atoms with Gasteiger partial charge in [0.2, 0.25) is 11.0 Å². The standard InChI is InChI=1S/C21H16N4OS2/c1-2-6-14(7-3-1)12-28-21-23-20-18(24-25-21)16-8-4-5-9-17(16)22-19(26-20)15-10-11-27-13-15/h1-11,13,19,22H,12H2. The number of para-hydroxylation sites is 1. The first kappa shape index (κ1) is 17.2. The van der Waals surface area contributed by atoms with E-state index in [9.17, 15) is 0 Å². The Morgan fingerprint density at radius 1 is 1.00 bits per heavy atom. The Hall–Kier alpha value is -2.90. The van der Waals surface area contributed by atoms with Crippen molar-refractivity contribution in [1.29, 1.82) is 0 Å². The summed E-state index contributed by atoms with van der Waals surface area (Å²) < 4.78 is 6.25. The van der Waals surface area contributed by atoms with Crippen LogP contribution in [0, 0.1) is 0 Å². The van der Waals surface area contributed by atoms with Crippen LogP contribution in [-0.4, -0.2) is 15.2 Å². The summed E-state index contributed by atoms with van der Waals surface area (Å²) in [4.78, 5) is 4.68. The maximum absolute atomic E-state index is 6.25. The predicted molar refractivity (Wildman–Crippen MR) is 113 cm³/mol. The number of fused-ring (bicyclic) bond motifs is 3. The molecule has 0 aliphatic carbocycles. The van der Waals surface area contributed by atoms with Crippen LogP contribution in [0.3, 0.4) is 0 Å². The van der Waals surface area contributed by atoms with Crippen LogP contribution < -0.4 is 10.1 Å². The minimum absolute atomic E-state index is 0.322. The van der Waals surface area contributed by atoms with Crippen LogP contribution in [0.15, 0.2) is 76.6 Å². The average molecular weight is 405 g/mol. The highest BCUT2D eigenvalue weighted by molar-refractivity contribution is 7.98. The number of benzene rings is 2. The summed E-state index contributed by atoms with van der Waals surface area (Å²) in [6.45, 7) is 0. The summed E-state index contributed by atoms with van der Waals surface area (Å²) in [6.07, 6.45) is -0.322. The molecule has 1 aliphatic heterocycles. The van der Waals surface area contributed by atoms with Crippen LogP contribution in [0.5, 0.6) is 5.88 Å². The second kappa shape index (κ2) is 7.61. The van der Waals surface area contributed by atoms with Crippen molar-refractivity contribution in [3.05, 3.63) is 82.6 Å². The van der Waals surface area contributed by atoms with Gasteiger partial charge in [-0.15, -0.1) is 10.2 Å². The van der Waals surface area contributed by atoms with Gasteiger partial charge in [-0.1, -0.05) is 60.3 Å². The molecule has 0 amide bonds. The zero-order valence-corrected chi connectivity index (χ0v) is 16.4. The van der Waals surface area contributed by atoms with E-state index in [1.165, 1.54) is 5.56 Å². The fraction of sp³-hybridized carbons (Fsp3) is 0.0952. The Labute approximate surface area is 170 Å². The lowest BCUT2D eigenvalue weighted by Gasteiger charge is -2.17. The molecule has 0 radical (unpaired) electrons. The van der Waals surface area contributed by atoms with Gasteiger partial charge in [0.25, 0.3) is 0 Å². The first-order valence-electron chi connectivity index (χ1n) is 8.83. The number of thiophene rings is 1. The molecule has 1 aliphatic rings. The van der Waals surface area contributed by atoms with Crippen LogP contribution in [0.4, 0.5) is 5.69 Å². The van der Waals surface area contributed by atoms with Crippen LogP contribution in [0.1, 0.15) is 17.4 Å². The molecule has 5 rings (SSSR count). The van der Waals surface area contributed by atoms with Crippen molar-refractivity contribution in [3.8, 4) is 17.1 Å². The smallest absolute Gasteiger partial charge is 0.247 e. The number of hydrogen-bond acceptors (Lipinski definition) is 7. The average Bonchev–Trinajstić information content (AvgIpc) is 3.23. The third kappa shape index (κ3) is 3.46. The Bertz CT molecular complexity index is 1090. The van der Waals surface area contributed by atoms with Gasteiger partial charge in [0.1, 0.15) is 0 Å². The van der Waals surface area contributed by atoms with E-state index < -0.39 is 0 Å². The first-order chi connectivity index (χ1) is 13.9. The van der Waals surface area contributed by atoms with E-state index in [1.807, 2.05) is 47.8 Å². The zero-order chi connectivity index (χ0) is 18.8. The maximum atomic E-state index is 6.25. The topological polar surface area (TPSA) is 59.9 Å². The minimum Gasteiger partial charge on any atom is -0.448 e. The van der Waals surface area contributed by atoms with E-state index in [0.29, 0.717) is 16.7 Å². The molecule has 1 N–H and O–H groups in total. The number of anilines is 1. The number of hydrogen-bond donors (Lipinski definition) is 1. The lowest BCUT2D eigenvalue weighted by atomic mass is 10.1. The van der Waals surface area contributed by atoms with Crippen molar-refractivity contribution >= 4 is 28.8 Å². The van der Waals surface area contributed by atoms with Gasteiger partial charge in [0, 0.05) is 22.6 Å². The van der Waals surface area contributed by atoms with Gasteiger partial charge in [-0.05, 0) is 28.5 Å². The molecule has 28 heavy (non-hydrogen) atoms. The molecule has 7 heteroatoms. The Morgan fingerprint density at radius 3 is 2.71 bits per heavy atom. The highest BCUT2D eigenvalue weighted by Gasteiger charge is 2.26. The SMILES string of the molecule is c1ccc(CSc2nnc3c(n2)OC(c2ccsc2)Nc2ccccc2-3)cc1. The minimum atomic E-state index is -0.322. The molecule has 5 nitrogen and oxygen atoms in total. The van der Waals surface area contributed by atoms with Crippen molar-refractivity contribution in [2.45, 2.75) is 17.1 Å². The fourth-order valence-electron chi connectivity index (χ4n) is 3.01. The predicted octanol–water partition coefficient (Wildman–Crippen LogP) is 5.40. The highest BCUT2D eigenvalue weighted by atomic mass is 32.2. The molecule has 0 bridgehead atoms. The first-order valence-corrected chi connectivity index (χ1v) is 10.8. The summed E-state index contributed by atoms with van der Waals surface area (Å²) in [5.74, 6) is 1.28. The molecule has 1 unspecified atom stereocenters. The lowest BCUT2D eigenvalue weighted by molar-refractivity contribution is 0.225. The molecule has 3 heterocycles. The zero-order valence-electron chi connectivity index (χ0n) is 14.8. The molecule has 138 valence electrons. The molecule has 0 saturated carbocycles. The van der Waals surface area contributed by atoms with Crippen molar-refractivity contribution in [2.24, 2.45) is 0 Å². The van der Waals surface area contributed by atoms with Gasteiger partial charge in [0.15, 0.2) is 11.9 Å². The number of rotatable bonds is 4. The normalized spacial score (nSPS) is 14.9. The molecular weight excluding hydrogens is 388 g/mol. The highest BCUT2D eigenvalue weighted by Crippen LogP contribution is 2.39. The summed E-state index contributed by atoms with van der Waals surface area (Å²) in [5.41, 5.74) is 4.83. The molecule has 1 atom stereocenters. The third-order valence-corrected chi connectivity index (χ3v) is 6.00. The van der Waals surface area contributed by atoms with Gasteiger partial charge in [-0.3, -0.25) is 0 Å². The summed E-state index contributed by atoms with van der Waals surface area (Å²) in [5, 5.41) is 17.0. The number of aromatic nitrogens is 3. The summed E-state index contributed by atoms with van der Waals surface area (Å²) in [7, 11) is 0. The van der Waals surface area contributed by atoms with Gasteiger partial charge >= 0.3 is 0 Å². The summed E-state index contributed by atoms with van der Waals surface area (Å²) in [6, 6.07) is 20.3. The maximum Gasteiger partial charge on any atom is 0.247 e. The van der Waals surface area contributed by atoms with E-state index in [1.54, 1.807) is 23.1 Å². The lowest BCUT2D eigenvalue weighted by Crippen LogP contribution is -2.16. The molecular formula is C21H16N4OS2. The van der Waals surface area contributed by atoms with Crippen molar-refractivity contribution in [2.75, 3.05) is 5.32 Å². The van der Waals surface area contributed by atoms with Gasteiger partial charge in [-0.25, -0.2) is 0 Å². The largest absolute Gasteiger partial charge is 0.448 e. The molecule has 0 saturated heterocycles. The van der Waals surface area contributed by atoms with E-state index >= 15 is 0 Å². The molecule has 0 fully saturated rings. The Morgan fingerprint density at radius 2 is 1.86 bits per heavy atom. The summed E-state index contributed by atoms with van der Waals surface area (Å²) >= 11 is 3.19. The van der Waals surface area contributed by atoms with Crippen molar-refractivity contribution < 1.29 is 4.74 Å². The number of ether oxygens (including phenoxy) is 1. The van der Waals surface area contributed by atoms with Crippen LogP contribution in [-0.2, 0) is 5.75 Å². The molecule has 2 aromatic heterocycles. The van der Waals surface area contributed by atoms with Crippen molar-refractivity contribution in [3.63, 3.8) is 0 Å². The van der Waals surface area contributed by atoms with E-state index in [-0.39, 0.29) is 6.23 Å². The Balaban J connectivity index is 1.49. The van der Waals surface area contributed by atoms with E-state index in [4.69, 9.17) is 4.74 Å². The Kier molecular flexibility index (Phi) is 4.68. The molecule has 2 aromatic carbocycles. The molecule has 0 spiro atoms. The number of thioether (sulfide) groups is 1. The van der Waals surface area contributed by atoms with E-state index in [0.717, 1.165) is 22.6 Å². The van der Waals surface area contributed by atoms with Crippen LogP contribution in [0.2, 0.25) is 0 Å². The molecule has 4 aromatic rings. The fourth-order valence-corrected chi connectivity index (χ4v) is 4.41. The van der Waals surface area contributed by atoms with Gasteiger partial charge in [-0.2, -0.15) is 16.3 Å². The van der Waals surface area contributed by atoms with Gasteiger partial charge < -0.3 is 10.1 Å². The van der Waals surface area contributed by atoms with Gasteiger partial charge in [0.05, 0.1) is 0 Å². The second-order valence-electron chi connectivity index (χ2n) is 6.27.